The highest BCUT2D eigenvalue weighted by molar-refractivity contribution is 4.64. The van der Waals surface area contributed by atoms with E-state index in [0.29, 0.717) is 6.04 Å². The molecule has 4 heteroatoms. The summed E-state index contributed by atoms with van der Waals surface area (Å²) in [4.78, 5) is 0. The molecule has 0 spiro atoms. The van der Waals surface area contributed by atoms with Crippen LogP contribution in [0.3, 0.4) is 0 Å². The van der Waals surface area contributed by atoms with Crippen LogP contribution in [-0.2, 0) is 0 Å². The van der Waals surface area contributed by atoms with E-state index in [-0.39, 0.29) is 0 Å². The smallest absolute Gasteiger partial charge is 0.0165 e. The molecule has 0 aromatic carbocycles. The van der Waals surface area contributed by atoms with Crippen LogP contribution in [0, 0.1) is 0 Å². The van der Waals surface area contributed by atoms with E-state index in [1.165, 1.54) is 51.4 Å². The van der Waals surface area contributed by atoms with Gasteiger partial charge in [-0.2, -0.15) is 0 Å². The number of nitrogens with one attached hydrogen (secondary N) is 1. The molecule has 0 radical (unpaired) electrons. The van der Waals surface area contributed by atoms with Crippen molar-refractivity contribution in [3.63, 3.8) is 0 Å². The molecule has 122 valence electrons. The van der Waals surface area contributed by atoms with Crippen LogP contribution in [0.25, 0.3) is 0 Å². The molecular weight excluding hydrogens is 248 g/mol. The second-order valence-corrected chi connectivity index (χ2v) is 5.87. The maximum absolute atomic E-state index is 6.02. The summed E-state index contributed by atoms with van der Waals surface area (Å²) in [7, 11) is 0. The van der Waals surface area contributed by atoms with Gasteiger partial charge in [0.1, 0.15) is 0 Å². The SMILES string of the molecule is NCCCCCCCCCCNCC(N)CCCCN. The molecule has 0 aliphatic heterocycles. The van der Waals surface area contributed by atoms with Crippen LogP contribution in [0.4, 0.5) is 0 Å². The number of hydrogen-bond acceptors (Lipinski definition) is 4. The van der Waals surface area contributed by atoms with E-state index in [1.54, 1.807) is 0 Å². The van der Waals surface area contributed by atoms with Gasteiger partial charge in [0.2, 0.25) is 0 Å². The molecule has 0 heterocycles. The average molecular weight is 287 g/mol. The van der Waals surface area contributed by atoms with E-state index in [0.717, 1.165) is 45.4 Å². The third-order valence-corrected chi connectivity index (χ3v) is 3.74. The summed E-state index contributed by atoms with van der Waals surface area (Å²) in [6.07, 6.45) is 13.9. The van der Waals surface area contributed by atoms with Gasteiger partial charge in [-0.05, 0) is 45.3 Å². The average Bonchev–Trinajstić information content (AvgIpc) is 2.45. The molecule has 7 N–H and O–H groups in total. The van der Waals surface area contributed by atoms with E-state index in [1.807, 2.05) is 0 Å². The number of rotatable bonds is 16. The zero-order valence-corrected chi connectivity index (χ0v) is 13.4. The molecule has 0 aromatic heterocycles. The second-order valence-electron chi connectivity index (χ2n) is 5.87. The van der Waals surface area contributed by atoms with Crippen LogP contribution in [0.15, 0.2) is 0 Å². The lowest BCUT2D eigenvalue weighted by Crippen LogP contribution is -2.34. The Labute approximate surface area is 126 Å². The summed E-state index contributed by atoms with van der Waals surface area (Å²) in [5, 5.41) is 3.46. The lowest BCUT2D eigenvalue weighted by atomic mass is 10.1. The Bertz CT molecular complexity index is 176. The van der Waals surface area contributed by atoms with Crippen molar-refractivity contribution >= 4 is 0 Å². The molecule has 4 nitrogen and oxygen atoms in total. The summed E-state index contributed by atoms with van der Waals surface area (Å²) in [6, 6.07) is 0.295. The van der Waals surface area contributed by atoms with E-state index in [4.69, 9.17) is 17.2 Å². The zero-order chi connectivity index (χ0) is 14.9. The van der Waals surface area contributed by atoms with Crippen molar-refractivity contribution in [2.45, 2.75) is 76.7 Å². The Kier molecular flexibility index (Phi) is 16.8. The Hall–Kier alpha value is -0.160. The van der Waals surface area contributed by atoms with Crippen molar-refractivity contribution in [3.8, 4) is 0 Å². The number of unbranched alkanes of at least 4 members (excludes halogenated alkanes) is 8. The summed E-state index contributed by atoms with van der Waals surface area (Å²) in [6.45, 7) is 3.69. The van der Waals surface area contributed by atoms with Crippen molar-refractivity contribution < 1.29 is 0 Å². The predicted molar refractivity (Wildman–Crippen MR) is 89.7 cm³/mol. The largest absolute Gasteiger partial charge is 0.330 e. The minimum Gasteiger partial charge on any atom is -0.330 e. The highest BCUT2D eigenvalue weighted by Gasteiger charge is 2.00. The molecule has 0 saturated carbocycles. The molecule has 1 atom stereocenters. The second kappa shape index (κ2) is 16.9. The number of hydrogen-bond donors (Lipinski definition) is 4. The van der Waals surface area contributed by atoms with E-state index >= 15 is 0 Å². The highest BCUT2D eigenvalue weighted by Crippen LogP contribution is 2.07. The van der Waals surface area contributed by atoms with Crippen molar-refractivity contribution in [3.05, 3.63) is 0 Å². The fraction of sp³-hybridized carbons (Fsp3) is 1.00. The quantitative estimate of drug-likeness (QED) is 0.327. The molecule has 0 bridgehead atoms. The van der Waals surface area contributed by atoms with E-state index < -0.39 is 0 Å². The molecule has 1 unspecified atom stereocenters. The van der Waals surface area contributed by atoms with E-state index in [2.05, 4.69) is 5.32 Å². The first-order valence-electron chi connectivity index (χ1n) is 8.67. The Morgan fingerprint density at radius 3 is 1.75 bits per heavy atom. The molecule has 0 amide bonds. The molecule has 0 aliphatic carbocycles. The van der Waals surface area contributed by atoms with Gasteiger partial charge >= 0.3 is 0 Å². The lowest BCUT2D eigenvalue weighted by molar-refractivity contribution is 0.502. The van der Waals surface area contributed by atoms with Gasteiger partial charge in [0.15, 0.2) is 0 Å². The first-order chi connectivity index (χ1) is 9.81. The summed E-state index contributed by atoms with van der Waals surface area (Å²) < 4.78 is 0. The summed E-state index contributed by atoms with van der Waals surface area (Å²) in [5.74, 6) is 0. The molecular formula is C16H38N4. The predicted octanol–water partition coefficient (Wildman–Crippen LogP) is 2.11. The molecule has 20 heavy (non-hydrogen) atoms. The van der Waals surface area contributed by atoms with Crippen LogP contribution in [0.2, 0.25) is 0 Å². The lowest BCUT2D eigenvalue weighted by Gasteiger charge is -2.12. The van der Waals surface area contributed by atoms with Crippen molar-refractivity contribution in [1.29, 1.82) is 0 Å². The fourth-order valence-corrected chi connectivity index (χ4v) is 2.40. The maximum Gasteiger partial charge on any atom is 0.0165 e. The Balaban J connectivity index is 3.05. The highest BCUT2D eigenvalue weighted by atomic mass is 14.9. The minimum atomic E-state index is 0.295. The molecule has 0 saturated heterocycles. The number of nitrogens with two attached hydrogens (primary N) is 3. The van der Waals surface area contributed by atoms with Crippen LogP contribution >= 0.6 is 0 Å². The van der Waals surface area contributed by atoms with Crippen LogP contribution in [0.5, 0.6) is 0 Å². The van der Waals surface area contributed by atoms with Gasteiger partial charge in [0, 0.05) is 12.6 Å². The van der Waals surface area contributed by atoms with Crippen LogP contribution in [0.1, 0.15) is 70.6 Å². The van der Waals surface area contributed by atoms with Gasteiger partial charge < -0.3 is 22.5 Å². The van der Waals surface area contributed by atoms with Gasteiger partial charge in [-0.15, -0.1) is 0 Å². The monoisotopic (exact) mass is 286 g/mol. The Morgan fingerprint density at radius 2 is 1.15 bits per heavy atom. The van der Waals surface area contributed by atoms with Crippen LogP contribution < -0.4 is 22.5 Å². The normalized spacial score (nSPS) is 12.8. The maximum atomic E-state index is 6.02. The topological polar surface area (TPSA) is 90.1 Å². The zero-order valence-electron chi connectivity index (χ0n) is 13.4. The van der Waals surface area contributed by atoms with Crippen molar-refractivity contribution in [2.24, 2.45) is 17.2 Å². The fourth-order valence-electron chi connectivity index (χ4n) is 2.40. The summed E-state index contributed by atoms with van der Waals surface area (Å²) in [5.41, 5.74) is 17.0. The van der Waals surface area contributed by atoms with Crippen molar-refractivity contribution in [2.75, 3.05) is 26.2 Å². The first-order valence-corrected chi connectivity index (χ1v) is 8.67. The molecule has 0 rings (SSSR count). The summed E-state index contributed by atoms with van der Waals surface area (Å²) >= 11 is 0. The van der Waals surface area contributed by atoms with Gasteiger partial charge in [-0.1, -0.05) is 44.9 Å². The van der Waals surface area contributed by atoms with Gasteiger partial charge in [0.05, 0.1) is 0 Å². The minimum absolute atomic E-state index is 0.295. The third-order valence-electron chi connectivity index (χ3n) is 3.74. The standard InChI is InChI=1S/C16H38N4/c17-12-8-5-3-1-2-4-6-10-14-20-15-16(19)11-7-9-13-18/h16,20H,1-15,17-19H2. The molecule has 0 aromatic rings. The first kappa shape index (κ1) is 19.8. The van der Waals surface area contributed by atoms with Gasteiger partial charge in [-0.25, -0.2) is 0 Å². The van der Waals surface area contributed by atoms with Gasteiger partial charge in [-0.3, -0.25) is 0 Å². The van der Waals surface area contributed by atoms with Crippen molar-refractivity contribution in [1.82, 2.24) is 5.32 Å². The van der Waals surface area contributed by atoms with E-state index in [9.17, 15) is 0 Å². The Morgan fingerprint density at radius 1 is 0.650 bits per heavy atom. The van der Waals surface area contributed by atoms with Crippen LogP contribution in [-0.4, -0.2) is 32.2 Å². The third kappa shape index (κ3) is 15.9. The molecule has 0 aliphatic rings. The van der Waals surface area contributed by atoms with Gasteiger partial charge in [0.25, 0.3) is 0 Å². The molecule has 0 fully saturated rings.